The molecule has 0 spiro atoms. The van der Waals surface area contributed by atoms with E-state index in [2.05, 4.69) is 4.98 Å². The van der Waals surface area contributed by atoms with E-state index in [1.54, 1.807) is 18.2 Å². The van der Waals surface area contributed by atoms with E-state index in [0.29, 0.717) is 10.7 Å². The first-order valence-corrected chi connectivity index (χ1v) is 6.73. The molecule has 0 bridgehead atoms. The third kappa shape index (κ3) is 1.89. The van der Waals surface area contributed by atoms with Crippen molar-refractivity contribution in [2.45, 2.75) is 13.5 Å². The van der Waals surface area contributed by atoms with E-state index in [0.717, 1.165) is 29.0 Å². The van der Waals surface area contributed by atoms with Crippen LogP contribution in [0.2, 0.25) is 5.02 Å². The fourth-order valence-electron chi connectivity index (χ4n) is 2.36. The fourth-order valence-corrected chi connectivity index (χ4v) is 2.64. The summed E-state index contributed by atoms with van der Waals surface area (Å²) in [5.41, 5.74) is 8.72. The molecule has 0 unspecified atom stereocenters. The Labute approximate surface area is 121 Å². The summed E-state index contributed by atoms with van der Waals surface area (Å²) in [5, 5.41) is 10.2. The molecule has 20 heavy (non-hydrogen) atoms. The number of hydrogen-bond donors (Lipinski definition) is 2. The molecule has 1 aromatic heterocycles. The van der Waals surface area contributed by atoms with Gasteiger partial charge < -0.3 is 15.4 Å². The van der Waals surface area contributed by atoms with Crippen molar-refractivity contribution < 1.29 is 5.11 Å². The van der Waals surface area contributed by atoms with E-state index >= 15 is 0 Å². The third-order valence-electron chi connectivity index (χ3n) is 3.32. The van der Waals surface area contributed by atoms with Gasteiger partial charge in [0, 0.05) is 12.1 Å². The van der Waals surface area contributed by atoms with Gasteiger partial charge in [0.2, 0.25) is 0 Å². The average Bonchev–Trinajstić information content (AvgIpc) is 2.82. The number of hydrogen-bond acceptors (Lipinski definition) is 3. The highest BCUT2D eigenvalue weighted by atomic mass is 35.5. The summed E-state index contributed by atoms with van der Waals surface area (Å²) >= 11 is 6.27. The van der Waals surface area contributed by atoms with Crippen LogP contribution in [0.5, 0.6) is 5.75 Å². The Bertz CT molecular complexity index is 795. The van der Waals surface area contributed by atoms with E-state index in [-0.39, 0.29) is 5.75 Å². The molecule has 3 N–H and O–H groups in total. The zero-order valence-electron chi connectivity index (χ0n) is 11.0. The van der Waals surface area contributed by atoms with Crippen LogP contribution in [-0.2, 0) is 6.54 Å². The van der Waals surface area contributed by atoms with E-state index in [1.807, 2.05) is 29.7 Å². The molecule has 0 aliphatic carbocycles. The maximum Gasteiger partial charge on any atom is 0.141 e. The van der Waals surface area contributed by atoms with Gasteiger partial charge in [-0.05, 0) is 37.3 Å². The standard InChI is InChI=1S/C15H14ClN3O/c1-2-19-14-10(16)4-3-5-12(14)18-15(19)9-6-7-13(20)11(17)8-9/h3-8,20H,2,17H2,1H3. The minimum atomic E-state index is 0.0749. The molecule has 2 aromatic carbocycles. The number of phenolic OH excluding ortho intramolecular Hbond substituents is 1. The number of aromatic hydroxyl groups is 1. The van der Waals surface area contributed by atoms with Gasteiger partial charge in [-0.3, -0.25) is 0 Å². The van der Waals surface area contributed by atoms with Crippen molar-refractivity contribution in [3.05, 3.63) is 41.4 Å². The highest BCUT2D eigenvalue weighted by Crippen LogP contribution is 2.32. The van der Waals surface area contributed by atoms with E-state index in [9.17, 15) is 5.11 Å². The Kier molecular flexibility index (Phi) is 3.03. The molecule has 0 fully saturated rings. The highest BCUT2D eigenvalue weighted by molar-refractivity contribution is 6.35. The molecule has 0 atom stereocenters. The van der Waals surface area contributed by atoms with Gasteiger partial charge in [0.1, 0.15) is 11.6 Å². The number of aromatic nitrogens is 2. The molecule has 0 amide bonds. The summed E-state index contributed by atoms with van der Waals surface area (Å²) in [5.74, 6) is 0.869. The van der Waals surface area contributed by atoms with Gasteiger partial charge in [0.15, 0.2) is 0 Å². The van der Waals surface area contributed by atoms with Crippen LogP contribution in [0.25, 0.3) is 22.4 Å². The zero-order chi connectivity index (χ0) is 14.3. The molecular weight excluding hydrogens is 274 g/mol. The topological polar surface area (TPSA) is 64.1 Å². The molecular formula is C15H14ClN3O. The minimum Gasteiger partial charge on any atom is -0.506 e. The zero-order valence-corrected chi connectivity index (χ0v) is 11.7. The van der Waals surface area contributed by atoms with Crippen LogP contribution in [0.15, 0.2) is 36.4 Å². The number of imidazole rings is 1. The Balaban J connectivity index is 2.30. The summed E-state index contributed by atoms with van der Waals surface area (Å²) < 4.78 is 2.05. The van der Waals surface area contributed by atoms with Crippen LogP contribution in [-0.4, -0.2) is 14.7 Å². The van der Waals surface area contributed by atoms with Crippen LogP contribution in [0, 0.1) is 0 Å². The van der Waals surface area contributed by atoms with Crippen molar-refractivity contribution in [2.24, 2.45) is 0 Å². The predicted octanol–water partition coefficient (Wildman–Crippen LogP) is 3.66. The molecule has 1 heterocycles. The van der Waals surface area contributed by atoms with Gasteiger partial charge in [-0.25, -0.2) is 4.98 Å². The van der Waals surface area contributed by atoms with Crippen LogP contribution >= 0.6 is 11.6 Å². The molecule has 4 nitrogen and oxygen atoms in total. The number of nitrogen functional groups attached to an aromatic ring is 1. The van der Waals surface area contributed by atoms with E-state index < -0.39 is 0 Å². The molecule has 0 saturated heterocycles. The number of nitrogens with zero attached hydrogens (tertiary/aromatic N) is 2. The largest absolute Gasteiger partial charge is 0.506 e. The van der Waals surface area contributed by atoms with Crippen LogP contribution in [0.3, 0.4) is 0 Å². The lowest BCUT2D eigenvalue weighted by molar-refractivity contribution is 0.478. The van der Waals surface area contributed by atoms with E-state index in [4.69, 9.17) is 17.3 Å². The van der Waals surface area contributed by atoms with Crippen molar-refractivity contribution >= 4 is 28.3 Å². The predicted molar refractivity (Wildman–Crippen MR) is 81.9 cm³/mol. The van der Waals surface area contributed by atoms with Crippen molar-refractivity contribution in [3.63, 3.8) is 0 Å². The molecule has 3 rings (SSSR count). The molecule has 0 radical (unpaired) electrons. The lowest BCUT2D eigenvalue weighted by Gasteiger charge is -2.08. The molecule has 3 aromatic rings. The quantitative estimate of drug-likeness (QED) is 0.558. The smallest absolute Gasteiger partial charge is 0.141 e. The van der Waals surface area contributed by atoms with Crippen LogP contribution in [0.1, 0.15) is 6.92 Å². The molecule has 0 aliphatic heterocycles. The summed E-state index contributed by atoms with van der Waals surface area (Å²) in [4.78, 5) is 4.63. The van der Waals surface area contributed by atoms with Crippen molar-refractivity contribution in [2.75, 3.05) is 5.73 Å². The summed E-state index contributed by atoms with van der Waals surface area (Å²) in [7, 11) is 0. The van der Waals surface area contributed by atoms with Gasteiger partial charge in [-0.2, -0.15) is 0 Å². The summed E-state index contributed by atoms with van der Waals surface area (Å²) in [6, 6.07) is 10.8. The number of anilines is 1. The first kappa shape index (κ1) is 12.8. The fraction of sp³-hybridized carbons (Fsp3) is 0.133. The number of rotatable bonds is 2. The Morgan fingerprint density at radius 3 is 2.80 bits per heavy atom. The molecule has 5 heteroatoms. The number of phenols is 1. The Hall–Kier alpha value is -2.20. The van der Waals surface area contributed by atoms with Crippen molar-refractivity contribution in [1.29, 1.82) is 0 Å². The number of fused-ring (bicyclic) bond motifs is 1. The van der Waals surface area contributed by atoms with Gasteiger partial charge >= 0.3 is 0 Å². The lowest BCUT2D eigenvalue weighted by Crippen LogP contribution is -1.98. The van der Waals surface area contributed by atoms with Crippen LogP contribution < -0.4 is 5.73 Å². The second-order valence-electron chi connectivity index (χ2n) is 4.56. The average molecular weight is 288 g/mol. The second-order valence-corrected chi connectivity index (χ2v) is 4.97. The van der Waals surface area contributed by atoms with Crippen molar-refractivity contribution in [3.8, 4) is 17.1 Å². The van der Waals surface area contributed by atoms with Gasteiger partial charge in [-0.1, -0.05) is 17.7 Å². The lowest BCUT2D eigenvalue weighted by atomic mass is 10.2. The first-order chi connectivity index (χ1) is 9.61. The van der Waals surface area contributed by atoms with Gasteiger partial charge in [0.05, 0.1) is 21.7 Å². The monoisotopic (exact) mass is 287 g/mol. The van der Waals surface area contributed by atoms with E-state index in [1.165, 1.54) is 0 Å². The normalized spacial score (nSPS) is 11.1. The van der Waals surface area contributed by atoms with Crippen molar-refractivity contribution in [1.82, 2.24) is 9.55 Å². The van der Waals surface area contributed by atoms with Crippen LogP contribution in [0.4, 0.5) is 5.69 Å². The van der Waals surface area contributed by atoms with Gasteiger partial charge in [0.25, 0.3) is 0 Å². The molecule has 0 saturated carbocycles. The van der Waals surface area contributed by atoms with Gasteiger partial charge in [-0.15, -0.1) is 0 Å². The highest BCUT2D eigenvalue weighted by Gasteiger charge is 2.14. The maximum atomic E-state index is 9.53. The third-order valence-corrected chi connectivity index (χ3v) is 3.62. The summed E-state index contributed by atoms with van der Waals surface area (Å²) in [6.45, 7) is 2.79. The number of para-hydroxylation sites is 1. The Morgan fingerprint density at radius 2 is 2.10 bits per heavy atom. The number of aryl methyl sites for hydroxylation is 1. The summed E-state index contributed by atoms with van der Waals surface area (Å²) in [6.07, 6.45) is 0. The minimum absolute atomic E-state index is 0.0749. The second kappa shape index (κ2) is 4.72. The Morgan fingerprint density at radius 1 is 1.30 bits per heavy atom. The molecule has 102 valence electrons. The first-order valence-electron chi connectivity index (χ1n) is 6.35. The molecule has 0 aliphatic rings. The maximum absolute atomic E-state index is 9.53. The SMILES string of the molecule is CCn1c(-c2ccc(O)c(N)c2)nc2cccc(Cl)c21. The number of nitrogens with two attached hydrogens (primary N) is 1. The number of halogens is 1. The number of benzene rings is 2.